The average Bonchev–Trinajstić information content (AvgIpc) is 3.54. The molecule has 1 saturated heterocycles. The first-order valence-corrected chi connectivity index (χ1v) is 11.4. The summed E-state index contributed by atoms with van der Waals surface area (Å²) < 4.78 is 7.50. The van der Waals surface area contributed by atoms with Crippen LogP contribution in [0.5, 0.6) is 5.75 Å². The fraction of sp³-hybridized carbons (Fsp3) is 0.250. The molecular formula is C24H22N4O3S. The van der Waals surface area contributed by atoms with Crippen molar-refractivity contribution in [2.24, 2.45) is 0 Å². The number of pyridine rings is 1. The number of carbonyl (C=O) groups is 2. The smallest absolute Gasteiger partial charge is 0.344 e. The Balaban J connectivity index is 1.48. The van der Waals surface area contributed by atoms with Crippen molar-refractivity contribution in [1.82, 2.24) is 14.8 Å². The molecule has 3 aromatic heterocycles. The summed E-state index contributed by atoms with van der Waals surface area (Å²) in [4.78, 5) is 32.6. The van der Waals surface area contributed by atoms with Gasteiger partial charge in [0, 0.05) is 24.7 Å². The predicted molar refractivity (Wildman–Crippen MR) is 124 cm³/mol. The van der Waals surface area contributed by atoms with Crippen molar-refractivity contribution in [2.75, 3.05) is 11.4 Å². The maximum Gasteiger partial charge on any atom is 0.344 e. The van der Waals surface area contributed by atoms with Gasteiger partial charge < -0.3 is 9.64 Å². The Hall–Kier alpha value is -3.52. The summed E-state index contributed by atoms with van der Waals surface area (Å²) in [6.45, 7) is 4.77. The number of hydrogen-bond acceptors (Lipinski definition) is 6. The first kappa shape index (κ1) is 20.4. The van der Waals surface area contributed by atoms with Crippen LogP contribution in [0.25, 0.3) is 21.6 Å². The van der Waals surface area contributed by atoms with Gasteiger partial charge in [-0.05, 0) is 62.0 Å². The van der Waals surface area contributed by atoms with Crippen molar-refractivity contribution in [3.05, 3.63) is 59.6 Å². The van der Waals surface area contributed by atoms with Crippen LogP contribution in [-0.4, -0.2) is 33.2 Å². The summed E-state index contributed by atoms with van der Waals surface area (Å²) in [6.07, 6.45) is 3.11. The van der Waals surface area contributed by atoms with Crippen LogP contribution in [0.3, 0.4) is 0 Å². The number of aromatic nitrogens is 3. The minimum atomic E-state index is -0.469. The molecule has 1 amide bonds. The highest BCUT2D eigenvalue weighted by Crippen LogP contribution is 2.30. The summed E-state index contributed by atoms with van der Waals surface area (Å²) in [5.74, 6) is 0.0741. The fourth-order valence-corrected chi connectivity index (χ4v) is 4.58. The van der Waals surface area contributed by atoms with Crippen LogP contribution >= 0.6 is 11.3 Å². The van der Waals surface area contributed by atoms with Gasteiger partial charge in [0.2, 0.25) is 5.91 Å². The number of nitrogens with zero attached hydrogens (tertiary/aromatic N) is 4. The quantitative estimate of drug-likeness (QED) is 0.315. The summed E-state index contributed by atoms with van der Waals surface area (Å²) >= 11 is 1.56. The van der Waals surface area contributed by atoms with E-state index in [2.05, 4.69) is 5.10 Å². The van der Waals surface area contributed by atoms with Crippen LogP contribution in [0.1, 0.15) is 43.1 Å². The summed E-state index contributed by atoms with van der Waals surface area (Å²) in [5, 5.41) is 7.08. The highest BCUT2D eigenvalue weighted by atomic mass is 32.1. The molecule has 7 nitrogen and oxygen atoms in total. The van der Waals surface area contributed by atoms with Gasteiger partial charge in [-0.25, -0.2) is 14.5 Å². The molecule has 0 atom stereocenters. The van der Waals surface area contributed by atoms with Crippen LogP contribution in [-0.2, 0) is 4.79 Å². The minimum Gasteiger partial charge on any atom is -0.423 e. The second-order valence-electron chi connectivity index (χ2n) is 7.98. The van der Waals surface area contributed by atoms with Crippen molar-refractivity contribution in [3.63, 3.8) is 0 Å². The van der Waals surface area contributed by atoms with Crippen molar-refractivity contribution >= 4 is 39.9 Å². The standard InChI is InChI=1S/C24H22N4O3S/c1-15(2)28-23-19(14-25-28)18(13-20(26-23)21-5-4-12-32-21)24(30)31-17-9-7-16(8-10-17)27-11-3-6-22(27)29/h4-5,7-10,12-15H,3,6,11H2,1-2H3. The zero-order chi connectivity index (χ0) is 22.2. The van der Waals surface area contributed by atoms with Gasteiger partial charge in [-0.15, -0.1) is 11.3 Å². The Morgan fingerprint density at radius 2 is 2.00 bits per heavy atom. The van der Waals surface area contributed by atoms with Gasteiger partial charge in [0.1, 0.15) is 5.75 Å². The number of thiophene rings is 1. The molecule has 1 aliphatic rings. The van der Waals surface area contributed by atoms with Crippen molar-refractivity contribution in [3.8, 4) is 16.3 Å². The lowest BCUT2D eigenvalue weighted by molar-refractivity contribution is -0.117. The van der Waals surface area contributed by atoms with Gasteiger partial charge in [-0.3, -0.25) is 4.79 Å². The first-order chi connectivity index (χ1) is 15.5. The van der Waals surface area contributed by atoms with Gasteiger partial charge in [0.15, 0.2) is 5.65 Å². The Morgan fingerprint density at radius 3 is 2.66 bits per heavy atom. The number of anilines is 1. The van der Waals surface area contributed by atoms with Crippen LogP contribution in [0.2, 0.25) is 0 Å². The molecule has 1 aromatic carbocycles. The Morgan fingerprint density at radius 1 is 1.19 bits per heavy atom. The van der Waals surface area contributed by atoms with E-state index in [4.69, 9.17) is 9.72 Å². The zero-order valence-electron chi connectivity index (χ0n) is 17.8. The maximum absolute atomic E-state index is 13.2. The van der Waals surface area contributed by atoms with E-state index in [-0.39, 0.29) is 11.9 Å². The second-order valence-corrected chi connectivity index (χ2v) is 8.93. The van der Waals surface area contributed by atoms with E-state index >= 15 is 0 Å². The van der Waals surface area contributed by atoms with Crippen LogP contribution in [0, 0.1) is 0 Å². The molecule has 5 rings (SSSR count). The van der Waals surface area contributed by atoms with Gasteiger partial charge >= 0.3 is 5.97 Å². The van der Waals surface area contributed by atoms with Crippen LogP contribution < -0.4 is 9.64 Å². The molecule has 1 fully saturated rings. The van der Waals surface area contributed by atoms with Gasteiger partial charge in [0.25, 0.3) is 0 Å². The molecule has 0 bridgehead atoms. The molecule has 0 unspecified atom stereocenters. The Labute approximate surface area is 189 Å². The number of benzene rings is 1. The second kappa shape index (κ2) is 8.20. The van der Waals surface area contributed by atoms with Crippen molar-refractivity contribution < 1.29 is 14.3 Å². The number of carbonyl (C=O) groups excluding carboxylic acids is 2. The SMILES string of the molecule is CC(C)n1ncc2c(C(=O)Oc3ccc(N4CCCC4=O)cc3)cc(-c3cccs3)nc21. The Bertz CT molecular complexity index is 1290. The molecule has 0 saturated carbocycles. The third kappa shape index (κ3) is 3.67. The largest absolute Gasteiger partial charge is 0.423 e. The third-order valence-electron chi connectivity index (χ3n) is 5.48. The lowest BCUT2D eigenvalue weighted by atomic mass is 10.1. The van der Waals surface area contributed by atoms with Crippen molar-refractivity contribution in [2.45, 2.75) is 32.7 Å². The lowest BCUT2D eigenvalue weighted by Crippen LogP contribution is -2.23. The average molecular weight is 447 g/mol. The monoisotopic (exact) mass is 446 g/mol. The number of amides is 1. The fourth-order valence-electron chi connectivity index (χ4n) is 3.89. The first-order valence-electron chi connectivity index (χ1n) is 10.6. The summed E-state index contributed by atoms with van der Waals surface area (Å²) in [5.41, 5.74) is 2.60. The molecule has 162 valence electrons. The van der Waals surface area contributed by atoms with Gasteiger partial charge in [-0.2, -0.15) is 5.10 Å². The predicted octanol–water partition coefficient (Wildman–Crippen LogP) is 5.09. The Kier molecular flexibility index (Phi) is 5.22. The van der Waals surface area contributed by atoms with E-state index in [9.17, 15) is 9.59 Å². The number of esters is 1. The molecule has 8 heteroatoms. The summed E-state index contributed by atoms with van der Waals surface area (Å²) in [6, 6.07) is 12.8. The molecule has 0 N–H and O–H groups in total. The van der Waals surface area contributed by atoms with Crippen LogP contribution in [0.15, 0.2) is 54.0 Å². The number of ether oxygens (including phenoxy) is 1. The van der Waals surface area contributed by atoms with E-state index in [0.717, 1.165) is 23.5 Å². The highest BCUT2D eigenvalue weighted by molar-refractivity contribution is 7.13. The summed E-state index contributed by atoms with van der Waals surface area (Å²) in [7, 11) is 0. The number of hydrogen-bond donors (Lipinski definition) is 0. The van der Waals surface area contributed by atoms with Gasteiger partial charge in [-0.1, -0.05) is 6.07 Å². The topological polar surface area (TPSA) is 77.3 Å². The molecule has 32 heavy (non-hydrogen) atoms. The molecule has 0 spiro atoms. The van der Waals surface area contributed by atoms with E-state index in [1.807, 2.05) is 48.2 Å². The van der Waals surface area contributed by atoms with E-state index in [0.29, 0.717) is 34.5 Å². The van der Waals surface area contributed by atoms with E-state index < -0.39 is 5.97 Å². The highest BCUT2D eigenvalue weighted by Gasteiger charge is 2.23. The molecule has 0 radical (unpaired) electrons. The van der Waals surface area contributed by atoms with E-state index in [1.54, 1.807) is 40.6 Å². The number of rotatable bonds is 5. The van der Waals surface area contributed by atoms with Crippen LogP contribution in [0.4, 0.5) is 5.69 Å². The molecular weight excluding hydrogens is 424 g/mol. The number of fused-ring (bicyclic) bond motifs is 1. The normalized spacial score (nSPS) is 14.0. The maximum atomic E-state index is 13.2. The third-order valence-corrected chi connectivity index (χ3v) is 6.37. The van der Waals surface area contributed by atoms with Gasteiger partial charge in [0.05, 0.1) is 27.7 Å². The van der Waals surface area contributed by atoms with Crippen molar-refractivity contribution in [1.29, 1.82) is 0 Å². The molecule has 1 aliphatic heterocycles. The molecule has 0 aliphatic carbocycles. The van der Waals surface area contributed by atoms with E-state index in [1.165, 1.54) is 0 Å². The molecule has 4 aromatic rings. The zero-order valence-corrected chi connectivity index (χ0v) is 18.6. The minimum absolute atomic E-state index is 0.100. The lowest BCUT2D eigenvalue weighted by Gasteiger charge is -2.16. The molecule has 4 heterocycles.